The molecule has 0 amide bonds. The topological polar surface area (TPSA) is 90.2 Å². The fraction of sp³-hybridized carbons (Fsp3) is 0.457. The molecule has 3 N–H and O–H groups in total. The van der Waals surface area contributed by atoms with Crippen molar-refractivity contribution >= 4 is 28.7 Å². The second-order valence-corrected chi connectivity index (χ2v) is 17.4. The van der Waals surface area contributed by atoms with Gasteiger partial charge in [-0.25, -0.2) is 4.39 Å². The SMILES string of the molecule is CC1=CCCC2(C)C(CCC2(O)CN(CCc2cccs2)CC(O)COCc2ccccc2)c2ccc(cc2C(=O)Cc2c(F)cccc2Cl)CC(O)CC1. The van der Waals surface area contributed by atoms with E-state index in [1.165, 1.54) is 22.6 Å². The molecular formula is C46H55ClFNO5S. The number of nitrogens with zero attached hydrogens (tertiary/aromatic N) is 1. The number of benzene rings is 3. The highest BCUT2D eigenvalue weighted by molar-refractivity contribution is 7.09. The van der Waals surface area contributed by atoms with E-state index in [1.54, 1.807) is 17.4 Å². The van der Waals surface area contributed by atoms with Crippen molar-refractivity contribution in [2.75, 3.05) is 26.2 Å². The van der Waals surface area contributed by atoms with E-state index in [0.29, 0.717) is 63.9 Å². The average Bonchev–Trinajstić information content (AvgIpc) is 3.77. The summed E-state index contributed by atoms with van der Waals surface area (Å²) in [7, 11) is 0. The number of hydrogen-bond acceptors (Lipinski definition) is 7. The van der Waals surface area contributed by atoms with Gasteiger partial charge < -0.3 is 20.1 Å². The van der Waals surface area contributed by atoms with E-state index in [0.717, 1.165) is 36.0 Å². The molecule has 0 saturated heterocycles. The summed E-state index contributed by atoms with van der Waals surface area (Å²) in [6.45, 7) is 6.19. The predicted octanol–water partition coefficient (Wildman–Crippen LogP) is 9.13. The lowest BCUT2D eigenvalue weighted by Gasteiger charge is -2.46. The molecule has 294 valence electrons. The third-order valence-corrected chi connectivity index (χ3v) is 13.3. The van der Waals surface area contributed by atoms with Crippen molar-refractivity contribution < 1.29 is 29.2 Å². The second-order valence-electron chi connectivity index (χ2n) is 16.0. The van der Waals surface area contributed by atoms with Gasteiger partial charge in [0.25, 0.3) is 0 Å². The monoisotopic (exact) mass is 787 g/mol. The number of allylic oxidation sites excluding steroid dienone is 2. The van der Waals surface area contributed by atoms with Crippen LogP contribution < -0.4 is 0 Å². The van der Waals surface area contributed by atoms with Crippen LogP contribution in [0, 0.1) is 11.2 Å². The fourth-order valence-corrected chi connectivity index (χ4v) is 9.69. The van der Waals surface area contributed by atoms with Gasteiger partial charge in [0.05, 0.1) is 31.0 Å². The van der Waals surface area contributed by atoms with Crippen LogP contribution >= 0.6 is 22.9 Å². The van der Waals surface area contributed by atoms with Crippen LogP contribution in [-0.2, 0) is 30.6 Å². The Morgan fingerprint density at radius 2 is 1.89 bits per heavy atom. The summed E-state index contributed by atoms with van der Waals surface area (Å²) in [5, 5.41) is 37.6. The van der Waals surface area contributed by atoms with E-state index >= 15 is 4.39 Å². The smallest absolute Gasteiger partial charge is 0.167 e. The zero-order valence-electron chi connectivity index (χ0n) is 32.1. The molecule has 1 fully saturated rings. The molecule has 7 rings (SSSR count). The molecule has 1 aromatic heterocycles. The number of carbonyl (C=O) groups excluding carboxylic acids is 1. The lowest BCUT2D eigenvalue weighted by molar-refractivity contribution is -0.0905. The number of carbonyl (C=O) groups is 1. The number of Topliss-reactive ketones (excluding diaryl/α,β-unsaturated/α-hetero) is 1. The second kappa shape index (κ2) is 18.8. The summed E-state index contributed by atoms with van der Waals surface area (Å²) >= 11 is 8.11. The highest BCUT2D eigenvalue weighted by Crippen LogP contribution is 2.59. The molecule has 5 unspecified atom stereocenters. The molecule has 9 heteroatoms. The van der Waals surface area contributed by atoms with Crippen LogP contribution in [0.4, 0.5) is 4.39 Å². The summed E-state index contributed by atoms with van der Waals surface area (Å²) in [6.07, 6.45) is 5.82. The standard InChI is InChI=1S/C46H55ClFNO5S/c1-32-9-7-21-45(2)41(38-18-16-34(25-35(50)17-15-32)26-39(38)44(52)27-40-42(47)13-6-14-43(40)48)19-22-46(45,53)31-49(23-20-37-12-8-24-55-37)28-36(51)30-54-29-33-10-4-3-5-11-33/h3-6,8-14,16,18,24,26,35-36,41,50-51,53H,7,15,17,19-23,25,27-31H2,1-2H3. The van der Waals surface area contributed by atoms with Gasteiger partial charge in [0.1, 0.15) is 5.82 Å². The van der Waals surface area contributed by atoms with Crippen LogP contribution in [0.5, 0.6) is 0 Å². The maximum atomic E-state index is 15.0. The quantitative estimate of drug-likeness (QED) is 0.0873. The third-order valence-electron chi connectivity index (χ3n) is 12.0. The van der Waals surface area contributed by atoms with Crippen molar-refractivity contribution in [1.29, 1.82) is 0 Å². The molecule has 3 aromatic carbocycles. The van der Waals surface area contributed by atoms with E-state index in [4.69, 9.17) is 16.3 Å². The van der Waals surface area contributed by atoms with Gasteiger partial charge in [-0.05, 0) is 111 Å². The molecule has 55 heavy (non-hydrogen) atoms. The van der Waals surface area contributed by atoms with E-state index < -0.39 is 29.0 Å². The van der Waals surface area contributed by atoms with Crippen molar-refractivity contribution in [1.82, 2.24) is 4.90 Å². The van der Waals surface area contributed by atoms with Crippen molar-refractivity contribution in [2.24, 2.45) is 5.41 Å². The number of aliphatic hydroxyl groups is 3. The van der Waals surface area contributed by atoms with Crippen molar-refractivity contribution in [3.8, 4) is 0 Å². The van der Waals surface area contributed by atoms with Crippen LogP contribution in [0.1, 0.15) is 95.8 Å². The largest absolute Gasteiger partial charge is 0.393 e. The van der Waals surface area contributed by atoms with Crippen LogP contribution in [0.3, 0.4) is 0 Å². The molecule has 0 radical (unpaired) electrons. The van der Waals surface area contributed by atoms with Crippen molar-refractivity contribution in [3.05, 3.63) is 139 Å². The first kappa shape index (κ1) is 41.4. The number of hydrogen-bond donors (Lipinski definition) is 3. The number of ketones is 1. The molecule has 4 aromatic rings. The Balaban J connectivity index is 1.31. The molecule has 1 saturated carbocycles. The number of fused-ring (bicyclic) bond motifs is 8. The number of rotatable bonds is 14. The van der Waals surface area contributed by atoms with E-state index in [-0.39, 0.29) is 35.3 Å². The Kier molecular flexibility index (Phi) is 14.2. The molecule has 2 bridgehead atoms. The minimum atomic E-state index is -1.15. The molecule has 0 spiro atoms. The van der Waals surface area contributed by atoms with Gasteiger partial charge in [-0.3, -0.25) is 9.69 Å². The molecule has 5 atom stereocenters. The molecule has 3 aliphatic rings. The Bertz CT molecular complexity index is 1880. The maximum Gasteiger partial charge on any atom is 0.167 e. The van der Waals surface area contributed by atoms with Crippen LogP contribution in [-0.4, -0.2) is 70.1 Å². The summed E-state index contributed by atoms with van der Waals surface area (Å²) in [5.74, 6) is -0.940. The summed E-state index contributed by atoms with van der Waals surface area (Å²) in [4.78, 5) is 17.7. The van der Waals surface area contributed by atoms with E-state index in [2.05, 4.69) is 36.3 Å². The van der Waals surface area contributed by atoms with Gasteiger partial charge in [-0.15, -0.1) is 11.3 Å². The van der Waals surface area contributed by atoms with E-state index in [1.807, 2.05) is 54.6 Å². The Morgan fingerprint density at radius 1 is 1.07 bits per heavy atom. The highest BCUT2D eigenvalue weighted by Gasteiger charge is 2.57. The lowest BCUT2D eigenvalue weighted by atomic mass is 9.64. The minimum Gasteiger partial charge on any atom is -0.393 e. The third kappa shape index (κ3) is 10.4. The van der Waals surface area contributed by atoms with Gasteiger partial charge >= 0.3 is 0 Å². The zero-order valence-corrected chi connectivity index (χ0v) is 33.6. The van der Waals surface area contributed by atoms with E-state index in [9.17, 15) is 20.1 Å². The van der Waals surface area contributed by atoms with Gasteiger partial charge in [-0.1, -0.05) is 84.8 Å². The van der Waals surface area contributed by atoms with Gasteiger partial charge in [-0.2, -0.15) is 0 Å². The van der Waals surface area contributed by atoms with Gasteiger partial charge in [0.15, 0.2) is 5.78 Å². The molecule has 0 aliphatic heterocycles. The number of ether oxygens (including phenoxy) is 1. The minimum absolute atomic E-state index is 0.166. The highest BCUT2D eigenvalue weighted by atomic mass is 35.5. The number of aliphatic hydroxyl groups excluding tert-OH is 2. The Morgan fingerprint density at radius 3 is 2.65 bits per heavy atom. The summed E-state index contributed by atoms with van der Waals surface area (Å²) < 4.78 is 20.9. The summed E-state index contributed by atoms with van der Waals surface area (Å²) in [6, 6.07) is 24.4. The first-order valence-electron chi connectivity index (χ1n) is 19.6. The molecule has 6 nitrogen and oxygen atoms in total. The number of halogens is 2. The Labute approximate surface area is 334 Å². The van der Waals surface area contributed by atoms with Crippen molar-refractivity contribution in [2.45, 2.75) is 102 Å². The summed E-state index contributed by atoms with van der Waals surface area (Å²) in [5.41, 5.74) is 2.78. The molecule has 1 heterocycles. The first-order valence-corrected chi connectivity index (χ1v) is 20.9. The van der Waals surface area contributed by atoms with Crippen LogP contribution in [0.25, 0.3) is 0 Å². The predicted molar refractivity (Wildman–Crippen MR) is 219 cm³/mol. The normalized spacial score (nSPS) is 23.7. The molecule has 3 aliphatic carbocycles. The Hall–Kier alpha value is -3.21. The number of thiophene rings is 1. The van der Waals surface area contributed by atoms with Gasteiger partial charge in [0.2, 0.25) is 0 Å². The van der Waals surface area contributed by atoms with Crippen molar-refractivity contribution in [3.63, 3.8) is 0 Å². The first-order chi connectivity index (χ1) is 26.4. The zero-order chi connectivity index (χ0) is 39.0. The van der Waals surface area contributed by atoms with Crippen LogP contribution in [0.15, 0.2) is 95.9 Å². The van der Waals surface area contributed by atoms with Crippen LogP contribution in [0.2, 0.25) is 5.02 Å². The maximum absolute atomic E-state index is 15.0. The molecular weight excluding hydrogens is 733 g/mol. The lowest BCUT2D eigenvalue weighted by Crippen LogP contribution is -2.54. The average molecular weight is 788 g/mol. The fourth-order valence-electron chi connectivity index (χ4n) is 8.76. The van der Waals surface area contributed by atoms with Gasteiger partial charge in [0, 0.05) is 52.5 Å².